The predicted octanol–water partition coefficient (Wildman–Crippen LogP) is 1.56. The molecule has 1 aliphatic rings. The highest BCUT2D eigenvalue weighted by Gasteiger charge is 2.36. The molecule has 0 aromatic heterocycles. The number of carbonyl (C=O) groups is 1. The van der Waals surface area contributed by atoms with Gasteiger partial charge in [-0.25, -0.2) is 0 Å². The Kier molecular flexibility index (Phi) is 4.21. The van der Waals surface area contributed by atoms with E-state index in [1.165, 1.54) is 0 Å². The molecule has 1 aromatic carbocycles. The van der Waals surface area contributed by atoms with Gasteiger partial charge in [-0.15, -0.1) is 0 Å². The van der Waals surface area contributed by atoms with Crippen molar-refractivity contribution in [1.82, 2.24) is 0 Å². The number of anilines is 1. The number of carbonyl (C=O) groups excluding carboxylic acids is 1. The first-order valence-corrected chi connectivity index (χ1v) is 6.70. The highest BCUT2D eigenvalue weighted by atomic mass is 16.6. The lowest BCUT2D eigenvalue weighted by Crippen LogP contribution is -2.44. The van der Waals surface area contributed by atoms with Crippen molar-refractivity contribution in [2.45, 2.75) is 20.3 Å². The number of nitrogens with one attached hydrogen (secondary N) is 1. The van der Waals surface area contributed by atoms with Crippen LogP contribution in [0.4, 0.5) is 5.69 Å². The molecule has 0 bridgehead atoms. The zero-order valence-corrected chi connectivity index (χ0v) is 12.0. The zero-order chi connectivity index (χ0) is 15.5. The SMILES string of the molecule is CCC(C)(C(=O)Nc1ccc2c(c1)OCCO2)/C(N)=N/O. The fraction of sp³-hybridized carbons (Fsp3) is 0.429. The largest absolute Gasteiger partial charge is 0.486 e. The van der Waals surface area contributed by atoms with Crippen LogP contribution in [-0.4, -0.2) is 30.2 Å². The van der Waals surface area contributed by atoms with Gasteiger partial charge in [0.1, 0.15) is 18.6 Å². The van der Waals surface area contributed by atoms with Crippen LogP contribution >= 0.6 is 0 Å². The molecule has 21 heavy (non-hydrogen) atoms. The van der Waals surface area contributed by atoms with Crippen molar-refractivity contribution in [2.75, 3.05) is 18.5 Å². The van der Waals surface area contributed by atoms with Crippen molar-refractivity contribution in [2.24, 2.45) is 16.3 Å². The monoisotopic (exact) mass is 293 g/mol. The summed E-state index contributed by atoms with van der Waals surface area (Å²) in [6.07, 6.45) is 0.402. The molecule has 0 saturated heterocycles. The summed E-state index contributed by atoms with van der Waals surface area (Å²) >= 11 is 0. The molecule has 2 rings (SSSR count). The first-order valence-electron chi connectivity index (χ1n) is 6.70. The number of nitrogens with two attached hydrogens (primary N) is 1. The van der Waals surface area contributed by atoms with Gasteiger partial charge in [0.2, 0.25) is 5.91 Å². The zero-order valence-electron chi connectivity index (χ0n) is 12.0. The smallest absolute Gasteiger partial charge is 0.238 e. The molecule has 0 aliphatic carbocycles. The first kappa shape index (κ1) is 15.0. The summed E-state index contributed by atoms with van der Waals surface area (Å²) in [5.74, 6) is 0.756. The van der Waals surface area contributed by atoms with E-state index in [-0.39, 0.29) is 11.7 Å². The van der Waals surface area contributed by atoms with E-state index in [2.05, 4.69) is 10.5 Å². The van der Waals surface area contributed by atoms with Crippen LogP contribution in [0.1, 0.15) is 20.3 Å². The number of hydrogen-bond donors (Lipinski definition) is 3. The second-order valence-corrected chi connectivity index (χ2v) is 4.98. The van der Waals surface area contributed by atoms with E-state index in [1.807, 2.05) is 0 Å². The number of fused-ring (bicyclic) bond motifs is 1. The molecule has 1 amide bonds. The van der Waals surface area contributed by atoms with Crippen LogP contribution in [0.25, 0.3) is 0 Å². The Hall–Kier alpha value is -2.44. The summed E-state index contributed by atoms with van der Waals surface area (Å²) in [6.45, 7) is 4.40. The highest BCUT2D eigenvalue weighted by molar-refractivity contribution is 6.11. The minimum atomic E-state index is -1.08. The third-order valence-corrected chi connectivity index (χ3v) is 3.68. The minimum absolute atomic E-state index is 0.125. The molecule has 114 valence electrons. The van der Waals surface area contributed by atoms with E-state index in [0.29, 0.717) is 36.8 Å². The Morgan fingerprint density at radius 1 is 1.43 bits per heavy atom. The van der Waals surface area contributed by atoms with Crippen LogP contribution in [0.5, 0.6) is 11.5 Å². The summed E-state index contributed by atoms with van der Waals surface area (Å²) < 4.78 is 10.9. The third kappa shape index (κ3) is 2.86. The molecule has 7 nitrogen and oxygen atoms in total. The lowest BCUT2D eigenvalue weighted by molar-refractivity contribution is -0.121. The Morgan fingerprint density at radius 3 is 2.71 bits per heavy atom. The van der Waals surface area contributed by atoms with Gasteiger partial charge in [0.15, 0.2) is 17.3 Å². The fourth-order valence-corrected chi connectivity index (χ4v) is 1.96. The van der Waals surface area contributed by atoms with Gasteiger partial charge in [-0.1, -0.05) is 12.1 Å². The molecule has 1 heterocycles. The summed E-state index contributed by atoms with van der Waals surface area (Å²) in [4.78, 5) is 12.4. The Bertz CT molecular complexity index is 573. The van der Waals surface area contributed by atoms with Gasteiger partial charge in [-0.05, 0) is 25.5 Å². The molecule has 1 unspecified atom stereocenters. The minimum Gasteiger partial charge on any atom is -0.486 e. The summed E-state index contributed by atoms with van der Waals surface area (Å²) in [5, 5.41) is 14.5. The number of hydrogen-bond acceptors (Lipinski definition) is 5. The fourth-order valence-electron chi connectivity index (χ4n) is 1.96. The van der Waals surface area contributed by atoms with Crippen LogP contribution in [0.3, 0.4) is 0 Å². The van der Waals surface area contributed by atoms with Gasteiger partial charge in [-0.3, -0.25) is 4.79 Å². The van der Waals surface area contributed by atoms with E-state index < -0.39 is 5.41 Å². The highest BCUT2D eigenvalue weighted by Crippen LogP contribution is 2.33. The van der Waals surface area contributed by atoms with Gasteiger partial charge < -0.3 is 25.7 Å². The van der Waals surface area contributed by atoms with Gasteiger partial charge in [0, 0.05) is 11.8 Å². The van der Waals surface area contributed by atoms with Crippen molar-refractivity contribution in [3.63, 3.8) is 0 Å². The normalized spacial score (nSPS) is 17.0. The van der Waals surface area contributed by atoms with E-state index in [4.69, 9.17) is 20.4 Å². The lowest BCUT2D eigenvalue weighted by Gasteiger charge is -2.25. The van der Waals surface area contributed by atoms with Crippen molar-refractivity contribution in [1.29, 1.82) is 0 Å². The molecule has 0 saturated carbocycles. The third-order valence-electron chi connectivity index (χ3n) is 3.68. The number of benzene rings is 1. The van der Waals surface area contributed by atoms with Crippen molar-refractivity contribution < 1.29 is 19.5 Å². The van der Waals surface area contributed by atoms with Crippen LogP contribution < -0.4 is 20.5 Å². The molecule has 0 fully saturated rings. The molecule has 4 N–H and O–H groups in total. The van der Waals surface area contributed by atoms with Crippen LogP contribution in [-0.2, 0) is 4.79 Å². The number of nitrogens with zero attached hydrogens (tertiary/aromatic N) is 1. The summed E-state index contributed by atoms with van der Waals surface area (Å²) in [7, 11) is 0. The number of ether oxygens (including phenoxy) is 2. The Morgan fingerprint density at radius 2 is 2.10 bits per heavy atom. The van der Waals surface area contributed by atoms with Crippen LogP contribution in [0.2, 0.25) is 0 Å². The van der Waals surface area contributed by atoms with Gasteiger partial charge in [0.05, 0.1) is 0 Å². The maximum absolute atomic E-state index is 12.4. The maximum Gasteiger partial charge on any atom is 0.238 e. The number of rotatable bonds is 4. The molecule has 1 aliphatic heterocycles. The Balaban J connectivity index is 2.19. The van der Waals surface area contributed by atoms with Gasteiger partial charge >= 0.3 is 0 Å². The molecular formula is C14H19N3O4. The predicted molar refractivity (Wildman–Crippen MR) is 77.9 cm³/mol. The number of amidine groups is 1. The van der Waals surface area contributed by atoms with Crippen molar-refractivity contribution >= 4 is 17.4 Å². The first-order chi connectivity index (χ1) is 10.0. The van der Waals surface area contributed by atoms with E-state index >= 15 is 0 Å². The molecule has 7 heteroatoms. The topological polar surface area (TPSA) is 106 Å². The molecule has 1 atom stereocenters. The van der Waals surface area contributed by atoms with Crippen molar-refractivity contribution in [3.8, 4) is 11.5 Å². The second kappa shape index (κ2) is 5.90. The molecule has 0 radical (unpaired) electrons. The summed E-state index contributed by atoms with van der Waals surface area (Å²) in [6, 6.07) is 5.14. The van der Waals surface area contributed by atoms with Gasteiger partial charge in [0.25, 0.3) is 0 Å². The molecule has 1 aromatic rings. The Labute approximate surface area is 122 Å². The maximum atomic E-state index is 12.4. The van der Waals surface area contributed by atoms with E-state index in [9.17, 15) is 4.79 Å². The average Bonchev–Trinajstić information content (AvgIpc) is 2.53. The number of oxime groups is 1. The standard InChI is InChI=1S/C14H19N3O4/c1-3-14(2,12(15)17-19)13(18)16-9-4-5-10-11(8-9)21-7-6-20-10/h4-5,8,19H,3,6-7H2,1-2H3,(H2,15,17)(H,16,18). The average molecular weight is 293 g/mol. The molecule has 0 spiro atoms. The molecular weight excluding hydrogens is 274 g/mol. The van der Waals surface area contributed by atoms with Crippen LogP contribution in [0.15, 0.2) is 23.4 Å². The summed E-state index contributed by atoms with van der Waals surface area (Å²) in [5.41, 5.74) is 5.11. The second-order valence-electron chi connectivity index (χ2n) is 4.98. The van der Waals surface area contributed by atoms with Crippen LogP contribution in [0, 0.1) is 5.41 Å². The van der Waals surface area contributed by atoms with E-state index in [1.54, 1.807) is 32.0 Å². The van der Waals surface area contributed by atoms with E-state index in [0.717, 1.165) is 0 Å². The van der Waals surface area contributed by atoms with Gasteiger partial charge in [-0.2, -0.15) is 0 Å². The quantitative estimate of drug-likeness (QED) is 0.338. The number of amides is 1. The van der Waals surface area contributed by atoms with Crippen molar-refractivity contribution in [3.05, 3.63) is 18.2 Å². The lowest BCUT2D eigenvalue weighted by atomic mass is 9.85.